The summed E-state index contributed by atoms with van der Waals surface area (Å²) in [7, 11) is 4.27. The Balaban J connectivity index is 1.94. The fourth-order valence-electron chi connectivity index (χ4n) is 2.64. The monoisotopic (exact) mass is 278 g/mol. The zero-order valence-electron chi connectivity index (χ0n) is 13.0. The van der Waals surface area contributed by atoms with Gasteiger partial charge < -0.3 is 19.7 Å². The highest BCUT2D eigenvalue weighted by Gasteiger charge is 2.17. The van der Waals surface area contributed by atoms with Gasteiger partial charge >= 0.3 is 0 Å². The molecule has 1 aromatic carbocycles. The molecule has 1 aromatic rings. The molecule has 1 atom stereocenters. The van der Waals surface area contributed by atoms with Crippen molar-refractivity contribution in [2.45, 2.75) is 26.4 Å². The van der Waals surface area contributed by atoms with Crippen LogP contribution in [0.25, 0.3) is 0 Å². The van der Waals surface area contributed by atoms with Crippen LogP contribution in [0.4, 0.5) is 0 Å². The van der Waals surface area contributed by atoms with Crippen LogP contribution in [0.2, 0.25) is 0 Å². The van der Waals surface area contributed by atoms with Gasteiger partial charge in [0, 0.05) is 24.7 Å². The van der Waals surface area contributed by atoms with Gasteiger partial charge in [-0.2, -0.15) is 0 Å². The van der Waals surface area contributed by atoms with Crippen molar-refractivity contribution >= 4 is 0 Å². The smallest absolute Gasteiger partial charge is 0.165 e. The normalized spacial score (nSPS) is 15.7. The molecule has 2 rings (SSSR count). The van der Waals surface area contributed by atoms with Crippen molar-refractivity contribution in [3.63, 3.8) is 0 Å². The van der Waals surface area contributed by atoms with E-state index in [2.05, 4.69) is 44.2 Å². The van der Waals surface area contributed by atoms with Crippen LogP contribution in [0, 0.1) is 5.92 Å². The highest BCUT2D eigenvalue weighted by molar-refractivity contribution is 5.47. The third-order valence-corrected chi connectivity index (χ3v) is 3.75. The lowest BCUT2D eigenvalue weighted by Crippen LogP contribution is -2.41. The number of nitrogens with one attached hydrogen (secondary N) is 1. The van der Waals surface area contributed by atoms with Gasteiger partial charge in [0.2, 0.25) is 0 Å². The van der Waals surface area contributed by atoms with Gasteiger partial charge in [-0.05, 0) is 26.1 Å². The van der Waals surface area contributed by atoms with E-state index in [4.69, 9.17) is 9.47 Å². The van der Waals surface area contributed by atoms with Gasteiger partial charge in [0.1, 0.15) is 13.2 Å². The SMILES string of the molecule is CC(C)C(CNCc1cccc2c1OCCO2)N(C)C. The quantitative estimate of drug-likeness (QED) is 0.864. The van der Waals surface area contributed by atoms with Gasteiger partial charge in [0.25, 0.3) is 0 Å². The number of nitrogens with zero attached hydrogens (tertiary/aromatic N) is 1. The van der Waals surface area contributed by atoms with Crippen molar-refractivity contribution in [1.82, 2.24) is 10.2 Å². The Morgan fingerprint density at radius 1 is 1.20 bits per heavy atom. The number of rotatable bonds is 6. The van der Waals surface area contributed by atoms with E-state index in [9.17, 15) is 0 Å². The van der Waals surface area contributed by atoms with Gasteiger partial charge in [-0.1, -0.05) is 26.0 Å². The predicted octanol–water partition coefficient (Wildman–Crippen LogP) is 2.13. The third kappa shape index (κ3) is 3.64. The van der Waals surface area contributed by atoms with Crippen LogP contribution in [-0.2, 0) is 6.54 Å². The Labute approximate surface area is 122 Å². The fourth-order valence-corrected chi connectivity index (χ4v) is 2.64. The maximum atomic E-state index is 5.73. The van der Waals surface area contributed by atoms with Crippen molar-refractivity contribution < 1.29 is 9.47 Å². The fraction of sp³-hybridized carbons (Fsp3) is 0.625. The van der Waals surface area contributed by atoms with E-state index in [-0.39, 0.29) is 0 Å². The maximum Gasteiger partial charge on any atom is 0.165 e. The largest absolute Gasteiger partial charge is 0.486 e. The Morgan fingerprint density at radius 3 is 2.65 bits per heavy atom. The molecular formula is C16H26N2O2. The average Bonchev–Trinajstić information content (AvgIpc) is 2.42. The molecule has 0 saturated carbocycles. The minimum atomic E-state index is 0.534. The van der Waals surface area contributed by atoms with Gasteiger partial charge in [0.05, 0.1) is 0 Å². The standard InChI is InChI=1S/C16H26N2O2/c1-12(2)14(18(3)4)11-17-10-13-6-5-7-15-16(13)20-9-8-19-15/h5-7,12,14,17H,8-11H2,1-4H3. The minimum Gasteiger partial charge on any atom is -0.486 e. The number of benzene rings is 1. The first-order valence-corrected chi connectivity index (χ1v) is 7.34. The summed E-state index contributed by atoms with van der Waals surface area (Å²) in [6.07, 6.45) is 0. The second-order valence-electron chi connectivity index (χ2n) is 5.85. The summed E-state index contributed by atoms with van der Waals surface area (Å²) in [6, 6.07) is 6.62. The van der Waals surface area contributed by atoms with Crippen molar-refractivity contribution in [3.05, 3.63) is 23.8 Å². The Bertz CT molecular complexity index is 424. The molecule has 1 aliphatic rings. The number of fused-ring (bicyclic) bond motifs is 1. The molecule has 0 radical (unpaired) electrons. The number of ether oxygens (including phenoxy) is 2. The van der Waals surface area contributed by atoms with Gasteiger partial charge in [-0.15, -0.1) is 0 Å². The molecule has 0 saturated heterocycles. The van der Waals surface area contributed by atoms with E-state index in [0.29, 0.717) is 25.2 Å². The Kier molecular flexibility index (Phi) is 5.26. The zero-order valence-corrected chi connectivity index (χ0v) is 13.0. The summed E-state index contributed by atoms with van der Waals surface area (Å²) in [5.41, 5.74) is 1.17. The molecule has 0 fully saturated rings. The first-order chi connectivity index (χ1) is 9.59. The molecule has 0 amide bonds. The second kappa shape index (κ2) is 6.95. The molecule has 1 unspecified atom stereocenters. The molecule has 0 aromatic heterocycles. The Hall–Kier alpha value is -1.26. The summed E-state index contributed by atoms with van der Waals surface area (Å²) in [6.45, 7) is 7.57. The highest BCUT2D eigenvalue weighted by atomic mass is 16.6. The van der Waals surface area contributed by atoms with Crippen molar-refractivity contribution in [1.29, 1.82) is 0 Å². The molecule has 0 bridgehead atoms. The van der Waals surface area contributed by atoms with Crippen LogP contribution in [0.3, 0.4) is 0 Å². The Morgan fingerprint density at radius 2 is 1.95 bits per heavy atom. The topological polar surface area (TPSA) is 33.7 Å². The van der Waals surface area contributed by atoms with Crippen LogP contribution in [0.15, 0.2) is 18.2 Å². The zero-order chi connectivity index (χ0) is 14.5. The molecule has 4 heteroatoms. The first-order valence-electron chi connectivity index (χ1n) is 7.34. The molecule has 20 heavy (non-hydrogen) atoms. The predicted molar refractivity (Wildman–Crippen MR) is 81.5 cm³/mol. The molecule has 112 valence electrons. The lowest BCUT2D eigenvalue weighted by atomic mass is 10.0. The summed E-state index contributed by atoms with van der Waals surface area (Å²) >= 11 is 0. The molecule has 0 aliphatic carbocycles. The summed E-state index contributed by atoms with van der Waals surface area (Å²) in [4.78, 5) is 2.28. The highest BCUT2D eigenvalue weighted by Crippen LogP contribution is 2.33. The maximum absolute atomic E-state index is 5.73. The van der Waals surface area contributed by atoms with E-state index in [1.54, 1.807) is 0 Å². The average molecular weight is 278 g/mol. The molecule has 1 N–H and O–H groups in total. The van der Waals surface area contributed by atoms with E-state index in [0.717, 1.165) is 24.6 Å². The number of hydrogen-bond donors (Lipinski definition) is 1. The van der Waals surface area contributed by atoms with Crippen LogP contribution in [0.1, 0.15) is 19.4 Å². The molecule has 0 spiro atoms. The van der Waals surface area contributed by atoms with Crippen LogP contribution >= 0.6 is 0 Å². The van der Waals surface area contributed by atoms with Crippen LogP contribution < -0.4 is 14.8 Å². The van der Waals surface area contributed by atoms with Crippen molar-refractivity contribution in [3.8, 4) is 11.5 Å². The van der Waals surface area contributed by atoms with Gasteiger partial charge in [-0.3, -0.25) is 0 Å². The molecule has 4 nitrogen and oxygen atoms in total. The number of likely N-dealkylation sites (N-methyl/N-ethyl adjacent to an activating group) is 1. The van der Waals surface area contributed by atoms with Gasteiger partial charge in [0.15, 0.2) is 11.5 Å². The molecule has 1 heterocycles. The lowest BCUT2D eigenvalue weighted by Gasteiger charge is -2.28. The van der Waals surface area contributed by atoms with Crippen LogP contribution in [-0.4, -0.2) is 44.8 Å². The van der Waals surface area contributed by atoms with E-state index < -0.39 is 0 Å². The van der Waals surface area contributed by atoms with E-state index >= 15 is 0 Å². The minimum absolute atomic E-state index is 0.534. The second-order valence-corrected chi connectivity index (χ2v) is 5.85. The summed E-state index contributed by atoms with van der Waals surface area (Å²) in [5, 5.41) is 3.54. The van der Waals surface area contributed by atoms with E-state index in [1.165, 1.54) is 5.56 Å². The van der Waals surface area contributed by atoms with Crippen LogP contribution in [0.5, 0.6) is 11.5 Å². The summed E-state index contributed by atoms with van der Waals surface area (Å²) < 4.78 is 11.3. The van der Waals surface area contributed by atoms with Crippen molar-refractivity contribution in [2.24, 2.45) is 5.92 Å². The third-order valence-electron chi connectivity index (χ3n) is 3.75. The number of hydrogen-bond acceptors (Lipinski definition) is 4. The summed E-state index contributed by atoms with van der Waals surface area (Å²) in [5.74, 6) is 2.39. The van der Waals surface area contributed by atoms with Gasteiger partial charge in [-0.25, -0.2) is 0 Å². The van der Waals surface area contributed by atoms with E-state index in [1.807, 2.05) is 12.1 Å². The first kappa shape index (κ1) is 15.1. The lowest BCUT2D eigenvalue weighted by molar-refractivity contribution is 0.169. The molecule has 1 aliphatic heterocycles. The number of para-hydroxylation sites is 1. The van der Waals surface area contributed by atoms with Crippen molar-refractivity contribution in [2.75, 3.05) is 33.9 Å². The molecular weight excluding hydrogens is 252 g/mol.